The molecule has 1 aliphatic rings. The molecule has 1 aromatic rings. The van der Waals surface area contributed by atoms with E-state index in [0.717, 1.165) is 25.2 Å². The molecule has 1 fully saturated rings. The van der Waals surface area contributed by atoms with Gasteiger partial charge in [0.2, 0.25) is 0 Å². The van der Waals surface area contributed by atoms with Crippen molar-refractivity contribution < 1.29 is 8.78 Å². The molecule has 2 rings (SSSR count). The van der Waals surface area contributed by atoms with Crippen LogP contribution in [0, 0.1) is 17.6 Å². The summed E-state index contributed by atoms with van der Waals surface area (Å²) in [6.07, 6.45) is 2.04. The van der Waals surface area contributed by atoms with Crippen molar-refractivity contribution in [3.63, 3.8) is 0 Å². The quantitative estimate of drug-likeness (QED) is 0.740. The van der Waals surface area contributed by atoms with E-state index in [1.165, 1.54) is 0 Å². The molecule has 2 heterocycles. The summed E-state index contributed by atoms with van der Waals surface area (Å²) >= 11 is 3.56. The third-order valence-corrected chi connectivity index (χ3v) is 4.15. The lowest BCUT2D eigenvalue weighted by Crippen LogP contribution is -2.41. The Labute approximate surface area is 102 Å². The summed E-state index contributed by atoms with van der Waals surface area (Å²) in [6, 6.07) is 0.879. The van der Waals surface area contributed by atoms with E-state index in [4.69, 9.17) is 0 Å². The minimum absolute atomic E-state index is 0.248. The number of alkyl halides is 1. The second kappa shape index (κ2) is 4.65. The Morgan fingerprint density at radius 1 is 1.50 bits per heavy atom. The minimum atomic E-state index is -0.637. The maximum Gasteiger partial charge on any atom is 0.168 e. The summed E-state index contributed by atoms with van der Waals surface area (Å²) in [5.41, 5.74) is 0. The van der Waals surface area contributed by atoms with Gasteiger partial charge in [-0.15, -0.1) is 0 Å². The molecule has 0 aliphatic carbocycles. The monoisotopic (exact) mass is 290 g/mol. The zero-order valence-corrected chi connectivity index (χ0v) is 10.5. The van der Waals surface area contributed by atoms with E-state index in [1.807, 2.05) is 4.90 Å². The molecule has 2 atom stereocenters. The number of nitrogens with zero attached hydrogens (tertiary/aromatic N) is 2. The van der Waals surface area contributed by atoms with Gasteiger partial charge in [-0.1, -0.05) is 22.9 Å². The van der Waals surface area contributed by atoms with Crippen LogP contribution in [0.5, 0.6) is 0 Å². The average Bonchev–Trinajstić information content (AvgIpc) is 2.22. The van der Waals surface area contributed by atoms with Gasteiger partial charge in [0, 0.05) is 24.0 Å². The van der Waals surface area contributed by atoms with Gasteiger partial charge in [-0.3, -0.25) is 0 Å². The molecule has 2 nitrogen and oxygen atoms in total. The first kappa shape index (κ1) is 11.8. The Hall–Kier alpha value is -0.710. The molecule has 1 saturated heterocycles. The topological polar surface area (TPSA) is 16.1 Å². The predicted molar refractivity (Wildman–Crippen MR) is 62.9 cm³/mol. The summed E-state index contributed by atoms with van der Waals surface area (Å²) < 4.78 is 26.2. The second-order valence-electron chi connectivity index (χ2n) is 4.19. The number of hydrogen-bond acceptors (Lipinski definition) is 2. The number of rotatable bonds is 1. The van der Waals surface area contributed by atoms with Crippen molar-refractivity contribution in [1.29, 1.82) is 0 Å². The van der Waals surface area contributed by atoms with Gasteiger partial charge in [0.05, 0.1) is 6.20 Å². The Bertz CT molecular complexity index is 386. The molecule has 0 saturated carbocycles. The van der Waals surface area contributed by atoms with E-state index >= 15 is 0 Å². The molecule has 0 aromatic carbocycles. The largest absolute Gasteiger partial charge is 0.353 e. The van der Waals surface area contributed by atoms with Gasteiger partial charge in [-0.2, -0.15) is 0 Å². The molecular formula is C11H13BrF2N2. The lowest BCUT2D eigenvalue weighted by Gasteiger charge is -2.35. The molecule has 5 heteroatoms. The van der Waals surface area contributed by atoms with Crippen LogP contribution < -0.4 is 4.90 Å². The molecule has 2 unspecified atom stereocenters. The van der Waals surface area contributed by atoms with Gasteiger partial charge < -0.3 is 4.90 Å². The van der Waals surface area contributed by atoms with Crippen molar-refractivity contribution in [2.75, 3.05) is 18.0 Å². The van der Waals surface area contributed by atoms with Crippen molar-refractivity contribution in [1.82, 2.24) is 4.98 Å². The van der Waals surface area contributed by atoms with Crippen molar-refractivity contribution in [3.8, 4) is 0 Å². The number of hydrogen-bond donors (Lipinski definition) is 0. The second-order valence-corrected chi connectivity index (χ2v) is 5.36. The van der Waals surface area contributed by atoms with Crippen LogP contribution in [0.25, 0.3) is 0 Å². The first-order valence-electron chi connectivity index (χ1n) is 5.28. The number of piperidine rings is 1. The van der Waals surface area contributed by atoms with Gasteiger partial charge in [0.25, 0.3) is 0 Å². The third-order valence-electron chi connectivity index (χ3n) is 2.95. The molecule has 0 amide bonds. The van der Waals surface area contributed by atoms with E-state index < -0.39 is 11.6 Å². The van der Waals surface area contributed by atoms with Crippen molar-refractivity contribution in [2.24, 2.45) is 5.92 Å². The number of aromatic nitrogens is 1. The average molecular weight is 291 g/mol. The van der Waals surface area contributed by atoms with Crippen LogP contribution in [-0.4, -0.2) is 22.9 Å². The lowest BCUT2D eigenvalue weighted by molar-refractivity contribution is 0.448. The molecule has 1 aromatic heterocycles. The van der Waals surface area contributed by atoms with Crippen molar-refractivity contribution >= 4 is 21.7 Å². The van der Waals surface area contributed by atoms with Gasteiger partial charge in [0.15, 0.2) is 11.6 Å². The highest BCUT2D eigenvalue weighted by Crippen LogP contribution is 2.27. The van der Waals surface area contributed by atoms with Crippen molar-refractivity contribution in [2.45, 2.75) is 18.2 Å². The summed E-state index contributed by atoms with van der Waals surface area (Å²) in [6.45, 7) is 3.63. The fraction of sp³-hybridized carbons (Fsp3) is 0.545. The van der Waals surface area contributed by atoms with E-state index in [-0.39, 0.29) is 5.82 Å². The third kappa shape index (κ3) is 2.34. The SMILES string of the molecule is CC1CCN(c2ncc(F)cc2F)CC1Br. The maximum absolute atomic E-state index is 13.5. The summed E-state index contributed by atoms with van der Waals surface area (Å²) in [5.74, 6) is -0.409. The normalized spacial score (nSPS) is 25.9. The smallest absolute Gasteiger partial charge is 0.168 e. The Kier molecular flexibility index (Phi) is 3.42. The summed E-state index contributed by atoms with van der Waals surface area (Å²) in [5, 5.41) is 0. The number of anilines is 1. The zero-order valence-electron chi connectivity index (χ0n) is 8.96. The van der Waals surface area contributed by atoms with E-state index in [2.05, 4.69) is 27.8 Å². The minimum Gasteiger partial charge on any atom is -0.353 e. The van der Waals surface area contributed by atoms with E-state index in [1.54, 1.807) is 0 Å². The first-order chi connectivity index (χ1) is 7.58. The highest BCUT2D eigenvalue weighted by Gasteiger charge is 2.26. The predicted octanol–water partition coefficient (Wildman–Crippen LogP) is 2.97. The fourth-order valence-electron chi connectivity index (χ4n) is 1.85. The van der Waals surface area contributed by atoms with Gasteiger partial charge >= 0.3 is 0 Å². The highest BCUT2D eigenvalue weighted by atomic mass is 79.9. The van der Waals surface area contributed by atoms with Gasteiger partial charge in [-0.05, 0) is 12.3 Å². The van der Waals surface area contributed by atoms with Crippen LogP contribution >= 0.6 is 15.9 Å². The molecule has 0 spiro atoms. The molecule has 16 heavy (non-hydrogen) atoms. The molecule has 88 valence electrons. The zero-order chi connectivity index (χ0) is 11.7. The summed E-state index contributed by atoms with van der Waals surface area (Å²) in [7, 11) is 0. The molecule has 1 aliphatic heterocycles. The van der Waals surface area contributed by atoms with Crippen LogP contribution in [0.2, 0.25) is 0 Å². The van der Waals surface area contributed by atoms with Gasteiger partial charge in [0.1, 0.15) is 5.82 Å². The van der Waals surface area contributed by atoms with Crippen LogP contribution in [0.15, 0.2) is 12.3 Å². The van der Waals surface area contributed by atoms with E-state index in [0.29, 0.717) is 17.3 Å². The van der Waals surface area contributed by atoms with Crippen molar-refractivity contribution in [3.05, 3.63) is 23.9 Å². The standard InChI is InChI=1S/C11H13BrF2N2/c1-7-2-3-16(6-9(7)12)11-10(14)4-8(13)5-15-11/h4-5,7,9H,2-3,6H2,1H3. The van der Waals surface area contributed by atoms with Crippen LogP contribution in [0.4, 0.5) is 14.6 Å². The van der Waals surface area contributed by atoms with Gasteiger partial charge in [-0.25, -0.2) is 13.8 Å². The summed E-state index contributed by atoms with van der Waals surface area (Å²) in [4.78, 5) is 6.00. The maximum atomic E-state index is 13.5. The highest BCUT2D eigenvalue weighted by molar-refractivity contribution is 9.09. The Morgan fingerprint density at radius 2 is 2.25 bits per heavy atom. The molecule has 0 bridgehead atoms. The van der Waals surface area contributed by atoms with E-state index in [9.17, 15) is 8.78 Å². The molecular weight excluding hydrogens is 278 g/mol. The lowest BCUT2D eigenvalue weighted by atomic mass is 9.99. The Morgan fingerprint density at radius 3 is 2.88 bits per heavy atom. The van der Waals surface area contributed by atoms with Crippen LogP contribution in [0.1, 0.15) is 13.3 Å². The number of pyridine rings is 1. The Balaban J connectivity index is 2.18. The number of halogens is 3. The molecule has 0 N–H and O–H groups in total. The first-order valence-corrected chi connectivity index (χ1v) is 6.19. The van der Waals surface area contributed by atoms with Crippen LogP contribution in [-0.2, 0) is 0 Å². The fourth-order valence-corrected chi connectivity index (χ4v) is 2.47. The van der Waals surface area contributed by atoms with Crippen LogP contribution in [0.3, 0.4) is 0 Å². The molecule has 0 radical (unpaired) electrons.